The highest BCUT2D eigenvalue weighted by Gasteiger charge is 2.30. The minimum atomic E-state index is 0.0132. The van der Waals surface area contributed by atoms with Gasteiger partial charge >= 0.3 is 0 Å². The molecule has 6 nitrogen and oxygen atoms in total. The predicted octanol–water partition coefficient (Wildman–Crippen LogP) is 2.50. The van der Waals surface area contributed by atoms with Crippen molar-refractivity contribution in [3.63, 3.8) is 0 Å². The topological polar surface area (TPSA) is 58.1 Å². The van der Waals surface area contributed by atoms with Gasteiger partial charge in [0.1, 0.15) is 17.6 Å². The van der Waals surface area contributed by atoms with E-state index in [1.165, 1.54) is 12.8 Å². The van der Waals surface area contributed by atoms with Crippen LogP contribution in [0.15, 0.2) is 29.3 Å². The van der Waals surface area contributed by atoms with Crippen molar-refractivity contribution in [2.24, 2.45) is 4.99 Å². The van der Waals surface area contributed by atoms with E-state index >= 15 is 0 Å². The number of rotatable bonds is 10. The maximum Gasteiger partial charge on any atom is 0.191 e. The second-order valence-electron chi connectivity index (χ2n) is 7.05. The third kappa shape index (κ3) is 6.75. The van der Waals surface area contributed by atoms with Crippen LogP contribution >= 0.6 is 0 Å². The second kappa shape index (κ2) is 10.3. The third-order valence-corrected chi connectivity index (χ3v) is 4.50. The summed E-state index contributed by atoms with van der Waals surface area (Å²) >= 11 is 0. The summed E-state index contributed by atoms with van der Waals surface area (Å²) in [4.78, 5) is 6.86. The SMILES string of the molecule is CN=C(NCCN(C(C)C)C1CC1)NCC(C)Oc1cccc(OC)c1. The summed E-state index contributed by atoms with van der Waals surface area (Å²) in [6.07, 6.45) is 2.69. The van der Waals surface area contributed by atoms with Crippen molar-refractivity contribution in [3.8, 4) is 11.5 Å². The number of nitrogens with one attached hydrogen (secondary N) is 2. The van der Waals surface area contributed by atoms with Crippen LogP contribution in [0.2, 0.25) is 0 Å². The van der Waals surface area contributed by atoms with Gasteiger partial charge in [0, 0.05) is 38.3 Å². The number of ether oxygens (including phenoxy) is 2. The summed E-state index contributed by atoms with van der Waals surface area (Å²) in [5.41, 5.74) is 0. The molecule has 1 aliphatic rings. The van der Waals surface area contributed by atoms with Crippen molar-refractivity contribution in [2.45, 2.75) is 51.8 Å². The Kier molecular flexibility index (Phi) is 8.04. The Balaban J connectivity index is 1.70. The molecule has 0 bridgehead atoms. The Morgan fingerprint density at radius 3 is 2.58 bits per heavy atom. The molecule has 0 heterocycles. The van der Waals surface area contributed by atoms with E-state index in [-0.39, 0.29) is 6.10 Å². The molecular formula is C20H34N4O2. The molecule has 2 N–H and O–H groups in total. The van der Waals surface area contributed by atoms with E-state index < -0.39 is 0 Å². The summed E-state index contributed by atoms with van der Waals surface area (Å²) in [5.74, 6) is 2.41. The summed E-state index contributed by atoms with van der Waals surface area (Å²) < 4.78 is 11.2. The van der Waals surface area contributed by atoms with Gasteiger partial charge in [-0.25, -0.2) is 0 Å². The minimum Gasteiger partial charge on any atom is -0.497 e. The maximum atomic E-state index is 5.93. The quantitative estimate of drug-likeness (QED) is 0.495. The molecule has 0 spiro atoms. The van der Waals surface area contributed by atoms with Crippen molar-refractivity contribution in [2.75, 3.05) is 33.8 Å². The van der Waals surface area contributed by atoms with Gasteiger partial charge in [-0.1, -0.05) is 6.07 Å². The molecule has 1 aromatic rings. The van der Waals surface area contributed by atoms with Crippen LogP contribution in [-0.2, 0) is 0 Å². The number of methoxy groups -OCH3 is 1. The van der Waals surface area contributed by atoms with E-state index in [1.54, 1.807) is 14.2 Å². The van der Waals surface area contributed by atoms with Gasteiger partial charge < -0.3 is 20.1 Å². The number of aliphatic imine (C=N–C) groups is 1. The molecule has 0 amide bonds. The van der Waals surface area contributed by atoms with Crippen LogP contribution < -0.4 is 20.1 Å². The molecule has 1 atom stereocenters. The Morgan fingerprint density at radius 1 is 1.23 bits per heavy atom. The van der Waals surface area contributed by atoms with Gasteiger partial charge in [-0.15, -0.1) is 0 Å². The predicted molar refractivity (Wildman–Crippen MR) is 107 cm³/mol. The number of nitrogens with zero attached hydrogens (tertiary/aromatic N) is 2. The zero-order chi connectivity index (χ0) is 18.9. The molecule has 1 aliphatic carbocycles. The fraction of sp³-hybridized carbons (Fsp3) is 0.650. The van der Waals surface area contributed by atoms with Crippen LogP contribution in [-0.4, -0.2) is 62.8 Å². The Morgan fingerprint density at radius 2 is 1.96 bits per heavy atom. The van der Waals surface area contributed by atoms with Gasteiger partial charge in [0.15, 0.2) is 5.96 Å². The Hall–Kier alpha value is -1.95. The highest BCUT2D eigenvalue weighted by atomic mass is 16.5. The molecule has 1 unspecified atom stereocenters. The number of hydrogen-bond donors (Lipinski definition) is 2. The van der Waals surface area contributed by atoms with Crippen molar-refractivity contribution < 1.29 is 9.47 Å². The molecule has 146 valence electrons. The number of guanidine groups is 1. The van der Waals surface area contributed by atoms with Gasteiger partial charge in [-0.05, 0) is 45.7 Å². The number of hydrogen-bond acceptors (Lipinski definition) is 4. The average molecular weight is 363 g/mol. The highest BCUT2D eigenvalue weighted by molar-refractivity contribution is 5.79. The molecule has 0 aliphatic heterocycles. The van der Waals surface area contributed by atoms with Crippen molar-refractivity contribution in [1.82, 2.24) is 15.5 Å². The monoisotopic (exact) mass is 362 g/mol. The van der Waals surface area contributed by atoms with Crippen LogP contribution in [0.1, 0.15) is 33.6 Å². The molecule has 0 saturated heterocycles. The lowest BCUT2D eigenvalue weighted by molar-refractivity contribution is 0.214. The molecular weight excluding hydrogens is 328 g/mol. The number of benzene rings is 1. The summed E-state index contributed by atoms with van der Waals surface area (Å²) in [7, 11) is 3.45. The van der Waals surface area contributed by atoms with Gasteiger partial charge in [0.25, 0.3) is 0 Å². The highest BCUT2D eigenvalue weighted by Crippen LogP contribution is 2.27. The van der Waals surface area contributed by atoms with E-state index in [9.17, 15) is 0 Å². The van der Waals surface area contributed by atoms with Crippen LogP contribution in [0, 0.1) is 0 Å². The van der Waals surface area contributed by atoms with Crippen LogP contribution in [0.4, 0.5) is 0 Å². The smallest absolute Gasteiger partial charge is 0.191 e. The zero-order valence-electron chi connectivity index (χ0n) is 16.8. The van der Waals surface area contributed by atoms with Crippen molar-refractivity contribution in [3.05, 3.63) is 24.3 Å². The molecule has 1 aromatic carbocycles. The lowest BCUT2D eigenvalue weighted by Crippen LogP contribution is -2.45. The fourth-order valence-electron chi connectivity index (χ4n) is 2.98. The van der Waals surface area contributed by atoms with Crippen LogP contribution in [0.5, 0.6) is 11.5 Å². The van der Waals surface area contributed by atoms with Crippen LogP contribution in [0.25, 0.3) is 0 Å². The fourth-order valence-corrected chi connectivity index (χ4v) is 2.98. The van der Waals surface area contributed by atoms with Crippen molar-refractivity contribution >= 4 is 5.96 Å². The van der Waals surface area contributed by atoms with Crippen LogP contribution in [0.3, 0.4) is 0 Å². The summed E-state index contributed by atoms with van der Waals surface area (Å²) in [6, 6.07) is 9.03. The first-order valence-electron chi connectivity index (χ1n) is 9.54. The summed E-state index contributed by atoms with van der Waals surface area (Å²) in [5, 5.41) is 6.73. The average Bonchev–Trinajstić information content (AvgIpc) is 3.45. The van der Waals surface area contributed by atoms with E-state index in [4.69, 9.17) is 9.47 Å². The molecule has 1 fully saturated rings. The zero-order valence-corrected chi connectivity index (χ0v) is 16.8. The minimum absolute atomic E-state index is 0.0132. The molecule has 0 radical (unpaired) electrons. The normalized spacial score (nSPS) is 15.9. The van der Waals surface area contributed by atoms with Gasteiger partial charge in [0.2, 0.25) is 0 Å². The first kappa shape index (κ1) is 20.4. The Bertz CT molecular complexity index is 571. The third-order valence-electron chi connectivity index (χ3n) is 4.50. The molecule has 0 aromatic heterocycles. The van der Waals surface area contributed by atoms with E-state index in [0.717, 1.165) is 36.6 Å². The molecule has 26 heavy (non-hydrogen) atoms. The first-order valence-corrected chi connectivity index (χ1v) is 9.54. The standard InChI is InChI=1S/C20H34N4O2/c1-15(2)24(17-9-10-17)12-11-22-20(21-4)23-14-16(3)26-19-8-6-7-18(13-19)25-5/h6-8,13,15-17H,9-12,14H2,1-5H3,(H2,21,22,23). The second-order valence-corrected chi connectivity index (χ2v) is 7.05. The molecule has 2 rings (SSSR count). The van der Waals surface area contributed by atoms with Crippen molar-refractivity contribution in [1.29, 1.82) is 0 Å². The molecule has 6 heteroatoms. The lowest BCUT2D eigenvalue weighted by Gasteiger charge is -2.26. The molecule has 1 saturated carbocycles. The van der Waals surface area contributed by atoms with Gasteiger partial charge in [0.05, 0.1) is 13.7 Å². The maximum absolute atomic E-state index is 5.93. The van der Waals surface area contributed by atoms with E-state index in [2.05, 4.69) is 34.4 Å². The summed E-state index contributed by atoms with van der Waals surface area (Å²) in [6.45, 7) is 9.17. The first-order chi connectivity index (χ1) is 12.5. The lowest BCUT2D eigenvalue weighted by atomic mass is 10.3. The van der Waals surface area contributed by atoms with E-state index in [0.29, 0.717) is 12.6 Å². The Labute approximate surface area is 158 Å². The van der Waals surface area contributed by atoms with Gasteiger partial charge in [-0.2, -0.15) is 0 Å². The largest absolute Gasteiger partial charge is 0.497 e. The van der Waals surface area contributed by atoms with E-state index in [1.807, 2.05) is 31.2 Å². The van der Waals surface area contributed by atoms with Gasteiger partial charge in [-0.3, -0.25) is 9.89 Å².